The van der Waals surface area contributed by atoms with Crippen molar-refractivity contribution >= 4 is 41.4 Å². The maximum Gasteiger partial charge on any atom is 0.328 e. The second-order valence-corrected chi connectivity index (χ2v) is 14.4. The Kier molecular flexibility index (Phi) is 13.2. The van der Waals surface area contributed by atoms with E-state index in [-0.39, 0.29) is 43.8 Å². The van der Waals surface area contributed by atoms with Crippen LogP contribution >= 0.6 is 0 Å². The van der Waals surface area contributed by atoms with Crippen LogP contribution in [0.3, 0.4) is 0 Å². The maximum atomic E-state index is 14.3. The number of carbonyl (C=O) groups is 7. The molecule has 16 heteroatoms. The lowest BCUT2D eigenvalue weighted by Crippen LogP contribution is -2.60. The molecular formula is C38H48F2N6O8. The van der Waals surface area contributed by atoms with Gasteiger partial charge in [-0.3, -0.25) is 28.8 Å². The van der Waals surface area contributed by atoms with Gasteiger partial charge in [-0.05, 0) is 88.5 Å². The molecule has 0 saturated carbocycles. The summed E-state index contributed by atoms with van der Waals surface area (Å²) in [5.74, 6) is -6.51. The number of ether oxygens (including phenoxy) is 1. The third kappa shape index (κ3) is 9.68. The standard InChI is InChI=1S/C38H48F2N6O8/c1-22-35(50)46-16-8-12-31(46)38(53)54-21-29(36(51)45-15-7-11-30(45)37(52)44(3)23(2)33(48)41-22)43-34(49)28(19-25-17-26(39)20-27(40)18-25)42-32(47)14-13-24-9-5-4-6-10-24/h4-5,13-14,17-18,20,22-24,28-31H,6-12,15-16,19,21H2,1-3H3,(H,41,48)(H,42,47)(H,43,49)/t22-,23-,24?,28-,29-,30-,31-/m0/s1. The van der Waals surface area contributed by atoms with Crippen molar-refractivity contribution in [2.45, 2.75) is 101 Å². The summed E-state index contributed by atoms with van der Waals surface area (Å²) in [5, 5.41) is 7.78. The van der Waals surface area contributed by atoms with E-state index < -0.39 is 95.9 Å². The average Bonchev–Trinajstić information content (AvgIpc) is 3.84. The van der Waals surface area contributed by atoms with Crippen LogP contribution in [0, 0.1) is 17.6 Å². The van der Waals surface area contributed by atoms with Crippen LogP contribution in [0.5, 0.6) is 0 Å². The van der Waals surface area contributed by atoms with Gasteiger partial charge in [0.1, 0.15) is 54.5 Å². The van der Waals surface area contributed by atoms with Crippen LogP contribution in [0.25, 0.3) is 0 Å². The van der Waals surface area contributed by atoms with Gasteiger partial charge in [0.2, 0.25) is 35.4 Å². The molecule has 1 aliphatic carbocycles. The summed E-state index contributed by atoms with van der Waals surface area (Å²) < 4.78 is 34.0. The largest absolute Gasteiger partial charge is 0.461 e. The van der Waals surface area contributed by atoms with Gasteiger partial charge in [0.25, 0.3) is 0 Å². The summed E-state index contributed by atoms with van der Waals surface area (Å²) in [7, 11) is 1.42. The Morgan fingerprint density at radius 3 is 2.26 bits per heavy atom. The second-order valence-electron chi connectivity index (χ2n) is 14.4. The summed E-state index contributed by atoms with van der Waals surface area (Å²) >= 11 is 0. The fourth-order valence-corrected chi connectivity index (χ4v) is 7.33. The lowest BCUT2D eigenvalue weighted by atomic mass is 9.94. The summed E-state index contributed by atoms with van der Waals surface area (Å²) in [4.78, 5) is 98.9. The van der Waals surface area contributed by atoms with Crippen LogP contribution in [-0.4, -0.2) is 119 Å². The van der Waals surface area contributed by atoms with Crippen LogP contribution in [-0.2, 0) is 44.7 Å². The van der Waals surface area contributed by atoms with Crippen molar-refractivity contribution in [2.24, 2.45) is 5.92 Å². The molecule has 5 rings (SSSR count). The number of likely N-dealkylation sites (N-methyl/N-ethyl adjacent to an activating group) is 1. The molecule has 1 unspecified atom stereocenters. The minimum Gasteiger partial charge on any atom is -0.461 e. The van der Waals surface area contributed by atoms with E-state index in [0.29, 0.717) is 18.9 Å². The highest BCUT2D eigenvalue weighted by molar-refractivity contribution is 5.98. The molecule has 4 aliphatic rings. The number of hydrogen-bond donors (Lipinski definition) is 3. The molecule has 14 nitrogen and oxygen atoms in total. The molecule has 6 amide bonds. The summed E-state index contributed by atoms with van der Waals surface area (Å²) in [5.41, 5.74) is 0.0525. The molecule has 3 N–H and O–H groups in total. The number of amides is 6. The molecule has 0 radical (unpaired) electrons. The van der Waals surface area contributed by atoms with Crippen LogP contribution in [0.15, 0.2) is 42.5 Å². The number of hydrogen-bond acceptors (Lipinski definition) is 8. The van der Waals surface area contributed by atoms with E-state index in [9.17, 15) is 42.3 Å². The number of esters is 1. The minimum absolute atomic E-state index is 0.0525. The van der Waals surface area contributed by atoms with E-state index in [1.807, 2.05) is 6.08 Å². The number of rotatable bonds is 7. The monoisotopic (exact) mass is 754 g/mol. The number of nitrogens with zero attached hydrogens (tertiary/aromatic N) is 3. The van der Waals surface area contributed by atoms with Gasteiger partial charge >= 0.3 is 5.97 Å². The molecule has 3 saturated heterocycles. The first kappa shape index (κ1) is 40.0. The van der Waals surface area contributed by atoms with Crippen LogP contribution in [0.1, 0.15) is 64.4 Å². The Morgan fingerprint density at radius 2 is 1.59 bits per heavy atom. The lowest BCUT2D eigenvalue weighted by molar-refractivity contribution is -0.158. The Hall–Kier alpha value is -5.15. The second kappa shape index (κ2) is 17.8. The summed E-state index contributed by atoms with van der Waals surface area (Å²) in [6.45, 7) is 2.64. The Morgan fingerprint density at radius 1 is 0.926 bits per heavy atom. The first-order chi connectivity index (χ1) is 25.7. The van der Waals surface area contributed by atoms with Gasteiger partial charge in [-0.1, -0.05) is 18.2 Å². The van der Waals surface area contributed by atoms with Crippen molar-refractivity contribution in [3.05, 3.63) is 59.7 Å². The van der Waals surface area contributed by atoms with Crippen LogP contribution in [0.2, 0.25) is 0 Å². The van der Waals surface area contributed by atoms with E-state index in [4.69, 9.17) is 4.74 Å². The predicted molar refractivity (Wildman–Crippen MR) is 190 cm³/mol. The molecule has 3 heterocycles. The van der Waals surface area contributed by atoms with E-state index in [2.05, 4.69) is 22.0 Å². The zero-order valence-electron chi connectivity index (χ0n) is 30.7. The SMILES string of the molecule is C[C@@H]1NC(=O)[C@H](C)N(C)C(=O)[C@@H]2CCCN2C(=O)[C@@H](NC(=O)[C@H](Cc2cc(F)cc(F)c2)NC(=O)C=CC2CC=CCC2)COC(=O)[C@@H]2CCCN2C1=O. The van der Waals surface area contributed by atoms with Gasteiger partial charge in [-0.15, -0.1) is 0 Å². The first-order valence-corrected chi connectivity index (χ1v) is 18.5. The molecule has 3 fully saturated rings. The Balaban J connectivity index is 1.44. The van der Waals surface area contributed by atoms with Gasteiger partial charge in [0.15, 0.2) is 0 Å². The van der Waals surface area contributed by atoms with Crippen molar-refractivity contribution in [1.82, 2.24) is 30.7 Å². The van der Waals surface area contributed by atoms with Gasteiger partial charge in [0.05, 0.1) is 0 Å². The topological polar surface area (TPSA) is 175 Å². The lowest BCUT2D eigenvalue weighted by Gasteiger charge is -2.34. The molecule has 7 atom stereocenters. The normalized spacial score (nSPS) is 27.7. The van der Waals surface area contributed by atoms with Crippen molar-refractivity contribution in [3.8, 4) is 0 Å². The number of benzene rings is 1. The Labute approximate surface area is 312 Å². The molecule has 54 heavy (non-hydrogen) atoms. The highest BCUT2D eigenvalue weighted by atomic mass is 19.1. The van der Waals surface area contributed by atoms with Crippen molar-refractivity contribution in [2.75, 3.05) is 26.7 Å². The van der Waals surface area contributed by atoms with Gasteiger partial charge in [-0.25, -0.2) is 13.6 Å². The van der Waals surface area contributed by atoms with Crippen LogP contribution < -0.4 is 16.0 Å². The number of allylic oxidation sites excluding steroid dienone is 3. The third-order valence-electron chi connectivity index (χ3n) is 10.5. The van der Waals surface area contributed by atoms with E-state index >= 15 is 0 Å². The predicted octanol–water partition coefficient (Wildman–Crippen LogP) is 1.28. The first-order valence-electron chi connectivity index (χ1n) is 18.5. The van der Waals surface area contributed by atoms with E-state index in [0.717, 1.165) is 31.4 Å². The molecule has 0 bridgehead atoms. The van der Waals surface area contributed by atoms with Crippen molar-refractivity contribution < 1.29 is 47.1 Å². The summed E-state index contributed by atoms with van der Waals surface area (Å²) in [6.07, 6.45) is 10.6. The number of cyclic esters (lactones) is 1. The fraction of sp³-hybridized carbons (Fsp3) is 0.553. The fourth-order valence-electron chi connectivity index (χ4n) is 7.33. The molecule has 292 valence electrons. The number of fused-ring (bicyclic) bond motifs is 2. The average molecular weight is 755 g/mol. The molecular weight excluding hydrogens is 706 g/mol. The zero-order valence-corrected chi connectivity index (χ0v) is 30.7. The maximum absolute atomic E-state index is 14.3. The van der Waals surface area contributed by atoms with Crippen molar-refractivity contribution in [1.29, 1.82) is 0 Å². The quantitative estimate of drug-likeness (QED) is 0.212. The minimum atomic E-state index is -1.56. The van der Waals surface area contributed by atoms with E-state index in [1.165, 1.54) is 41.7 Å². The number of halogens is 2. The molecule has 1 aromatic carbocycles. The number of nitrogens with one attached hydrogen (secondary N) is 3. The third-order valence-corrected chi connectivity index (χ3v) is 10.5. The molecule has 0 aromatic heterocycles. The highest BCUT2D eigenvalue weighted by Gasteiger charge is 2.43. The van der Waals surface area contributed by atoms with Gasteiger partial charge in [0, 0.05) is 32.6 Å². The van der Waals surface area contributed by atoms with Crippen LogP contribution in [0.4, 0.5) is 8.78 Å². The van der Waals surface area contributed by atoms with Gasteiger partial charge < -0.3 is 35.4 Å². The zero-order chi connectivity index (χ0) is 39.1. The number of carbonyl (C=O) groups excluding carboxylic acids is 7. The Bertz CT molecular complexity index is 1680. The highest BCUT2D eigenvalue weighted by Crippen LogP contribution is 2.24. The molecule has 1 aromatic rings. The molecule has 3 aliphatic heterocycles. The van der Waals surface area contributed by atoms with E-state index in [1.54, 1.807) is 6.08 Å². The van der Waals surface area contributed by atoms with Gasteiger partial charge in [-0.2, -0.15) is 0 Å². The smallest absolute Gasteiger partial charge is 0.328 e. The molecule has 0 spiro atoms. The summed E-state index contributed by atoms with van der Waals surface area (Å²) in [6, 6.07) is -4.37. The van der Waals surface area contributed by atoms with Crippen molar-refractivity contribution in [3.63, 3.8) is 0 Å².